The van der Waals surface area contributed by atoms with Crippen molar-refractivity contribution in [2.45, 2.75) is 0 Å². The number of carbonyl (C=O) groups is 1. The predicted octanol–water partition coefficient (Wildman–Crippen LogP) is 4.61. The van der Waals surface area contributed by atoms with Crippen molar-refractivity contribution in [3.05, 3.63) is 68.7 Å². The Bertz CT molecular complexity index is 628. The van der Waals surface area contributed by atoms with E-state index in [9.17, 15) is 13.6 Å². The number of benzene rings is 2. The van der Waals surface area contributed by atoms with Crippen LogP contribution in [0.2, 0.25) is 5.02 Å². The molecular formula is C13H6BrClF2O. The summed E-state index contributed by atoms with van der Waals surface area (Å²) in [5.74, 6) is -2.65. The second-order valence-electron chi connectivity index (χ2n) is 3.56. The first-order valence-corrected chi connectivity index (χ1v) is 6.11. The number of rotatable bonds is 2. The second kappa shape index (κ2) is 5.16. The minimum atomic E-state index is -1.10. The van der Waals surface area contributed by atoms with Gasteiger partial charge in [-0.3, -0.25) is 4.79 Å². The van der Waals surface area contributed by atoms with E-state index in [0.29, 0.717) is 10.0 Å². The molecule has 2 rings (SSSR count). The lowest BCUT2D eigenvalue weighted by Gasteiger charge is -2.06. The van der Waals surface area contributed by atoms with Crippen LogP contribution in [0.25, 0.3) is 0 Å². The van der Waals surface area contributed by atoms with Gasteiger partial charge in [0.05, 0.1) is 5.02 Å². The topological polar surface area (TPSA) is 17.1 Å². The minimum Gasteiger partial charge on any atom is -0.289 e. The Morgan fingerprint density at radius 3 is 2.33 bits per heavy atom. The van der Waals surface area contributed by atoms with Crippen LogP contribution in [0.3, 0.4) is 0 Å². The molecule has 5 heteroatoms. The largest absolute Gasteiger partial charge is 0.289 e. The number of ketones is 1. The standard InChI is InChI=1S/C13H6BrClF2O/c14-9-4-2-1-3-7(9)13(18)8-5-11(16)12(17)6-10(8)15/h1-6H. The van der Waals surface area contributed by atoms with Gasteiger partial charge in [-0.15, -0.1) is 0 Å². The number of halogens is 4. The Morgan fingerprint density at radius 2 is 1.67 bits per heavy atom. The molecule has 2 aromatic rings. The van der Waals surface area contributed by atoms with Gasteiger partial charge in [-0.1, -0.05) is 39.7 Å². The summed E-state index contributed by atoms with van der Waals surface area (Å²) in [5, 5.41) is -0.116. The molecule has 0 bridgehead atoms. The van der Waals surface area contributed by atoms with Gasteiger partial charge in [0.25, 0.3) is 0 Å². The zero-order valence-corrected chi connectivity index (χ0v) is 11.2. The lowest BCUT2D eigenvalue weighted by molar-refractivity contribution is 0.103. The summed E-state index contributed by atoms with van der Waals surface area (Å²) in [6.07, 6.45) is 0. The molecule has 0 spiro atoms. The van der Waals surface area contributed by atoms with Gasteiger partial charge in [0.1, 0.15) is 0 Å². The van der Waals surface area contributed by atoms with E-state index in [1.54, 1.807) is 24.3 Å². The fraction of sp³-hybridized carbons (Fsp3) is 0. The molecule has 1 nitrogen and oxygen atoms in total. The van der Waals surface area contributed by atoms with Crippen LogP contribution >= 0.6 is 27.5 Å². The molecule has 2 aromatic carbocycles. The molecule has 0 radical (unpaired) electrons. The van der Waals surface area contributed by atoms with E-state index in [1.165, 1.54) is 0 Å². The van der Waals surface area contributed by atoms with Crippen LogP contribution < -0.4 is 0 Å². The fourth-order valence-corrected chi connectivity index (χ4v) is 2.19. The fourth-order valence-electron chi connectivity index (χ4n) is 1.49. The van der Waals surface area contributed by atoms with Gasteiger partial charge >= 0.3 is 0 Å². The first-order chi connectivity index (χ1) is 8.50. The molecule has 0 amide bonds. The van der Waals surface area contributed by atoms with Gasteiger partial charge in [-0.25, -0.2) is 8.78 Å². The third kappa shape index (κ3) is 2.44. The Kier molecular flexibility index (Phi) is 3.78. The van der Waals surface area contributed by atoms with E-state index in [4.69, 9.17) is 11.6 Å². The van der Waals surface area contributed by atoms with Gasteiger partial charge in [0.15, 0.2) is 17.4 Å². The number of hydrogen-bond donors (Lipinski definition) is 0. The van der Waals surface area contributed by atoms with Crippen molar-refractivity contribution in [2.75, 3.05) is 0 Å². The Labute approximate surface area is 116 Å². The monoisotopic (exact) mass is 330 g/mol. The molecule has 0 N–H and O–H groups in total. The lowest BCUT2D eigenvalue weighted by atomic mass is 10.0. The van der Waals surface area contributed by atoms with Gasteiger partial charge in [0, 0.05) is 15.6 Å². The summed E-state index contributed by atoms with van der Waals surface area (Å²) in [6.45, 7) is 0. The Hall–Kier alpha value is -1.26. The van der Waals surface area contributed by atoms with Crippen molar-refractivity contribution in [1.82, 2.24) is 0 Å². The van der Waals surface area contributed by atoms with Crippen LogP contribution in [0.15, 0.2) is 40.9 Å². The zero-order chi connectivity index (χ0) is 13.3. The van der Waals surface area contributed by atoms with Crippen molar-refractivity contribution in [3.8, 4) is 0 Å². The van der Waals surface area contributed by atoms with Crippen LogP contribution in [0.5, 0.6) is 0 Å². The highest BCUT2D eigenvalue weighted by Gasteiger charge is 2.18. The van der Waals surface area contributed by atoms with Gasteiger partial charge in [-0.05, 0) is 24.3 Å². The van der Waals surface area contributed by atoms with Gasteiger partial charge in [0.2, 0.25) is 0 Å². The smallest absolute Gasteiger partial charge is 0.195 e. The maximum atomic E-state index is 13.1. The van der Waals surface area contributed by atoms with Crippen molar-refractivity contribution < 1.29 is 13.6 Å². The summed E-state index contributed by atoms with van der Waals surface area (Å²) in [7, 11) is 0. The lowest BCUT2D eigenvalue weighted by Crippen LogP contribution is -2.04. The third-order valence-corrected chi connectivity index (χ3v) is 3.38. The maximum absolute atomic E-state index is 13.1. The second-order valence-corrected chi connectivity index (χ2v) is 4.82. The highest BCUT2D eigenvalue weighted by atomic mass is 79.9. The third-order valence-electron chi connectivity index (χ3n) is 2.37. The average molecular weight is 332 g/mol. The van der Waals surface area contributed by atoms with Crippen molar-refractivity contribution in [3.63, 3.8) is 0 Å². The molecule has 0 aromatic heterocycles. The van der Waals surface area contributed by atoms with E-state index in [2.05, 4.69) is 15.9 Å². The van der Waals surface area contributed by atoms with Crippen LogP contribution in [0, 0.1) is 11.6 Å². The SMILES string of the molecule is O=C(c1cc(F)c(F)cc1Cl)c1ccccc1Br. The summed E-state index contributed by atoms with van der Waals surface area (Å²) in [4.78, 5) is 12.1. The van der Waals surface area contributed by atoms with Gasteiger partial charge < -0.3 is 0 Å². The van der Waals surface area contributed by atoms with Crippen molar-refractivity contribution >= 4 is 33.3 Å². The van der Waals surface area contributed by atoms with E-state index < -0.39 is 17.4 Å². The molecule has 0 fully saturated rings. The quantitative estimate of drug-likeness (QED) is 0.580. The molecule has 92 valence electrons. The number of carbonyl (C=O) groups excluding carboxylic acids is 1. The van der Waals surface area contributed by atoms with Crippen molar-refractivity contribution in [2.24, 2.45) is 0 Å². The molecule has 0 atom stereocenters. The summed E-state index contributed by atoms with van der Waals surface area (Å²) in [5.41, 5.74) is 0.271. The van der Waals surface area contributed by atoms with E-state index >= 15 is 0 Å². The summed E-state index contributed by atoms with van der Waals surface area (Å²) < 4.78 is 26.6. The molecule has 0 saturated carbocycles. The van der Waals surface area contributed by atoms with Crippen LogP contribution in [0.1, 0.15) is 15.9 Å². The van der Waals surface area contributed by atoms with E-state index in [-0.39, 0.29) is 10.6 Å². The van der Waals surface area contributed by atoms with Crippen LogP contribution in [0.4, 0.5) is 8.78 Å². The highest BCUT2D eigenvalue weighted by molar-refractivity contribution is 9.10. The molecule has 0 aliphatic heterocycles. The summed E-state index contributed by atoms with van der Waals surface area (Å²) in [6, 6.07) is 8.27. The van der Waals surface area contributed by atoms with Crippen molar-refractivity contribution in [1.29, 1.82) is 0 Å². The highest BCUT2D eigenvalue weighted by Crippen LogP contribution is 2.25. The molecule has 0 saturated heterocycles. The predicted molar refractivity (Wildman–Crippen MR) is 68.9 cm³/mol. The number of hydrogen-bond acceptors (Lipinski definition) is 1. The first kappa shape index (κ1) is 13.2. The first-order valence-electron chi connectivity index (χ1n) is 4.94. The molecule has 0 aliphatic rings. The van der Waals surface area contributed by atoms with E-state index in [1.807, 2.05) is 0 Å². The molecular weight excluding hydrogens is 325 g/mol. The normalized spacial score (nSPS) is 10.4. The maximum Gasteiger partial charge on any atom is 0.195 e. The Balaban J connectivity index is 2.53. The molecule has 18 heavy (non-hydrogen) atoms. The average Bonchev–Trinajstić information content (AvgIpc) is 2.33. The van der Waals surface area contributed by atoms with Gasteiger partial charge in [-0.2, -0.15) is 0 Å². The molecule has 0 aliphatic carbocycles. The van der Waals surface area contributed by atoms with Crippen LogP contribution in [-0.4, -0.2) is 5.78 Å². The van der Waals surface area contributed by atoms with Crippen LogP contribution in [-0.2, 0) is 0 Å². The molecule has 0 unspecified atom stereocenters. The molecule has 0 heterocycles. The zero-order valence-electron chi connectivity index (χ0n) is 8.88. The summed E-state index contributed by atoms with van der Waals surface area (Å²) >= 11 is 8.98. The van der Waals surface area contributed by atoms with E-state index in [0.717, 1.165) is 12.1 Å². The Morgan fingerprint density at radius 1 is 1.06 bits per heavy atom. The minimum absolute atomic E-state index is 0.0672.